The average molecular weight is 715 g/mol. The van der Waals surface area contributed by atoms with Gasteiger partial charge in [0.15, 0.2) is 0 Å². The predicted molar refractivity (Wildman–Crippen MR) is 203 cm³/mol. The zero-order valence-corrected chi connectivity index (χ0v) is 30.3. The second kappa shape index (κ2) is 16.9. The van der Waals surface area contributed by atoms with Crippen molar-refractivity contribution in [1.82, 2.24) is 0 Å². The minimum absolute atomic E-state index is 0.237. The summed E-state index contributed by atoms with van der Waals surface area (Å²) in [5, 5.41) is 0. The number of hydrogen-bond acceptors (Lipinski definition) is 6. The summed E-state index contributed by atoms with van der Waals surface area (Å²) < 4.78 is 47.2. The van der Waals surface area contributed by atoms with Gasteiger partial charge in [0.05, 0.1) is 26.4 Å². The van der Waals surface area contributed by atoms with Gasteiger partial charge < -0.3 is 23.7 Å². The molecule has 0 aliphatic carbocycles. The number of ether oxygens (including phenoxy) is 5. The van der Waals surface area contributed by atoms with E-state index in [1.165, 1.54) is 17.0 Å². The fourth-order valence-electron chi connectivity index (χ4n) is 6.69. The van der Waals surface area contributed by atoms with Gasteiger partial charge in [0.1, 0.15) is 24.1 Å². The summed E-state index contributed by atoms with van der Waals surface area (Å²) in [6, 6.07) is 47.6. The van der Waals surface area contributed by atoms with E-state index in [1.54, 1.807) is 18.4 Å². The molecule has 1 aliphatic heterocycles. The highest BCUT2D eigenvalue weighted by Gasteiger charge is 2.55. The summed E-state index contributed by atoms with van der Waals surface area (Å²) in [5.74, 6) is -1.53. The highest BCUT2D eigenvalue weighted by molar-refractivity contribution is 7.15. The zero-order chi connectivity index (χ0) is 35.8. The Morgan fingerprint density at radius 3 is 1.90 bits per heavy atom. The number of rotatable bonds is 14. The van der Waals surface area contributed by atoms with Gasteiger partial charge in [0.2, 0.25) is 5.79 Å². The van der Waals surface area contributed by atoms with Gasteiger partial charge in [-0.25, -0.2) is 4.39 Å². The standard InChI is InChI=1S/C45H43FO5S/c1-32-18-21-38(26-37(32)27-40-24-25-42(52-40)36-19-22-39(46)23-20-36)45(47-2)44(50-30-35-16-10-5-11-17-35)43(49-29-34-14-8-4-9-15-34)41(31-51-45)48-28-33-12-6-3-7-13-33/h3-26,41,43-44H,27-31H2,1-2H3. The molecule has 0 radical (unpaired) electrons. The molecule has 1 saturated heterocycles. The lowest BCUT2D eigenvalue weighted by Crippen LogP contribution is -2.62. The summed E-state index contributed by atoms with van der Waals surface area (Å²) >= 11 is 1.71. The molecule has 4 atom stereocenters. The number of aryl methyl sites for hydroxylation is 1. The van der Waals surface area contributed by atoms with Crippen LogP contribution in [0.25, 0.3) is 10.4 Å². The van der Waals surface area contributed by atoms with Crippen LogP contribution in [0.2, 0.25) is 0 Å². The fourth-order valence-corrected chi connectivity index (χ4v) is 7.73. The van der Waals surface area contributed by atoms with E-state index in [-0.39, 0.29) is 12.4 Å². The predicted octanol–water partition coefficient (Wildman–Crippen LogP) is 10.0. The second-order valence-corrected chi connectivity index (χ2v) is 14.3. The molecule has 1 fully saturated rings. The Bertz CT molecular complexity index is 2000. The third-order valence-corrected chi connectivity index (χ3v) is 10.7. The molecule has 6 aromatic rings. The topological polar surface area (TPSA) is 46.2 Å². The Labute approximate surface area is 309 Å². The van der Waals surface area contributed by atoms with Gasteiger partial charge in [-0.1, -0.05) is 115 Å². The average Bonchev–Trinajstić information content (AvgIpc) is 3.66. The third kappa shape index (κ3) is 8.42. The molecular weight excluding hydrogens is 672 g/mol. The van der Waals surface area contributed by atoms with Gasteiger partial charge in [-0.2, -0.15) is 0 Å². The van der Waals surface area contributed by atoms with Crippen LogP contribution in [0.4, 0.5) is 4.39 Å². The largest absolute Gasteiger partial charge is 0.368 e. The van der Waals surface area contributed by atoms with Crippen molar-refractivity contribution in [3.05, 3.63) is 190 Å². The normalized spacial score (nSPS) is 20.2. The first-order valence-corrected chi connectivity index (χ1v) is 18.4. The van der Waals surface area contributed by atoms with E-state index in [0.717, 1.165) is 50.2 Å². The first-order chi connectivity index (χ1) is 25.5. The van der Waals surface area contributed by atoms with Crippen LogP contribution in [0.15, 0.2) is 146 Å². The summed E-state index contributed by atoms with van der Waals surface area (Å²) in [7, 11) is 1.67. The lowest BCUT2D eigenvalue weighted by molar-refractivity contribution is -0.360. The van der Waals surface area contributed by atoms with E-state index in [9.17, 15) is 4.39 Å². The molecule has 7 heteroatoms. The number of benzene rings is 5. The van der Waals surface area contributed by atoms with Gasteiger partial charge in [0, 0.05) is 28.8 Å². The number of thiophene rings is 1. The fraction of sp³-hybridized carbons (Fsp3) is 0.244. The molecule has 7 rings (SSSR count). The van der Waals surface area contributed by atoms with Crippen molar-refractivity contribution in [1.29, 1.82) is 0 Å². The van der Waals surface area contributed by atoms with Gasteiger partial charge in [-0.05, 0) is 70.6 Å². The Balaban J connectivity index is 1.22. The molecule has 0 saturated carbocycles. The number of methoxy groups -OCH3 is 1. The minimum Gasteiger partial charge on any atom is -0.368 e. The lowest BCUT2D eigenvalue weighted by atomic mass is 9.88. The van der Waals surface area contributed by atoms with Crippen LogP contribution in [0.3, 0.4) is 0 Å². The Kier molecular flexibility index (Phi) is 11.7. The minimum atomic E-state index is -1.29. The van der Waals surface area contributed by atoms with Crippen LogP contribution in [0, 0.1) is 12.7 Å². The molecule has 5 nitrogen and oxygen atoms in total. The van der Waals surface area contributed by atoms with Crippen molar-refractivity contribution < 1.29 is 28.1 Å². The van der Waals surface area contributed by atoms with Crippen molar-refractivity contribution in [2.24, 2.45) is 0 Å². The van der Waals surface area contributed by atoms with Crippen molar-refractivity contribution in [3.8, 4) is 10.4 Å². The Morgan fingerprint density at radius 1 is 0.692 bits per heavy atom. The van der Waals surface area contributed by atoms with Crippen molar-refractivity contribution in [3.63, 3.8) is 0 Å². The SMILES string of the molecule is COC1(c2ccc(C)c(Cc3ccc(-c4ccc(F)cc4)s3)c2)OCC(OCc2ccccc2)C(OCc2ccccc2)C1OCc1ccccc1. The molecule has 0 amide bonds. The van der Waals surface area contributed by atoms with E-state index in [2.05, 4.69) is 61.5 Å². The molecular formula is C45H43FO5S. The number of hydrogen-bond donors (Lipinski definition) is 0. The van der Waals surface area contributed by atoms with Crippen LogP contribution in [-0.2, 0) is 55.7 Å². The second-order valence-electron chi connectivity index (χ2n) is 13.1. The zero-order valence-electron chi connectivity index (χ0n) is 29.5. The maximum Gasteiger partial charge on any atom is 0.224 e. The van der Waals surface area contributed by atoms with Crippen LogP contribution >= 0.6 is 11.3 Å². The lowest BCUT2D eigenvalue weighted by Gasteiger charge is -2.49. The molecule has 4 unspecified atom stereocenters. The van der Waals surface area contributed by atoms with Gasteiger partial charge in [-0.3, -0.25) is 0 Å². The first kappa shape index (κ1) is 35.9. The van der Waals surface area contributed by atoms with Crippen LogP contribution in [-0.4, -0.2) is 32.0 Å². The van der Waals surface area contributed by atoms with Crippen molar-refractivity contribution in [2.75, 3.05) is 13.7 Å². The van der Waals surface area contributed by atoms with Gasteiger partial charge in [0.25, 0.3) is 0 Å². The molecule has 266 valence electrons. The van der Waals surface area contributed by atoms with E-state index >= 15 is 0 Å². The van der Waals surface area contributed by atoms with E-state index < -0.39 is 24.1 Å². The van der Waals surface area contributed by atoms with Crippen molar-refractivity contribution in [2.45, 2.75) is 57.3 Å². The molecule has 52 heavy (non-hydrogen) atoms. The molecule has 0 N–H and O–H groups in total. The summed E-state index contributed by atoms with van der Waals surface area (Å²) in [6.45, 7) is 3.46. The summed E-state index contributed by atoms with van der Waals surface area (Å²) in [4.78, 5) is 2.30. The van der Waals surface area contributed by atoms with Crippen molar-refractivity contribution >= 4 is 11.3 Å². The maximum absolute atomic E-state index is 13.6. The van der Waals surface area contributed by atoms with E-state index in [4.69, 9.17) is 23.7 Å². The molecule has 5 aromatic carbocycles. The summed E-state index contributed by atoms with van der Waals surface area (Å²) in [6.07, 6.45) is -0.953. The highest BCUT2D eigenvalue weighted by atomic mass is 32.1. The molecule has 0 bridgehead atoms. The maximum atomic E-state index is 13.6. The Hall–Kier alpha value is -4.47. The van der Waals surface area contributed by atoms with Crippen LogP contribution in [0.1, 0.15) is 38.3 Å². The highest BCUT2D eigenvalue weighted by Crippen LogP contribution is 2.42. The van der Waals surface area contributed by atoms with Crippen LogP contribution < -0.4 is 0 Å². The van der Waals surface area contributed by atoms with E-state index in [0.29, 0.717) is 19.8 Å². The van der Waals surface area contributed by atoms with Gasteiger partial charge in [-0.15, -0.1) is 11.3 Å². The molecule has 1 aromatic heterocycles. The molecule has 2 heterocycles. The first-order valence-electron chi connectivity index (χ1n) is 17.6. The molecule has 1 aliphatic rings. The monoisotopic (exact) mass is 714 g/mol. The number of halogens is 1. The molecule has 0 spiro atoms. The van der Waals surface area contributed by atoms with Crippen LogP contribution in [0.5, 0.6) is 0 Å². The Morgan fingerprint density at radius 2 is 1.29 bits per heavy atom. The van der Waals surface area contributed by atoms with Gasteiger partial charge >= 0.3 is 0 Å². The van der Waals surface area contributed by atoms with E-state index in [1.807, 2.05) is 78.9 Å². The smallest absolute Gasteiger partial charge is 0.224 e. The third-order valence-electron chi connectivity index (χ3n) is 9.58. The summed E-state index contributed by atoms with van der Waals surface area (Å²) in [5.41, 5.74) is 7.30. The quantitative estimate of drug-likeness (QED) is 0.112.